The van der Waals surface area contributed by atoms with Gasteiger partial charge in [0.15, 0.2) is 23.0 Å². The molecule has 0 aliphatic rings. The molecule has 2 aromatic heterocycles. The normalized spacial score (nSPS) is 8.45. The molecule has 2 aromatic rings. The second-order valence-corrected chi connectivity index (χ2v) is 29.5. The maximum absolute atomic E-state index is 12.7. The summed E-state index contributed by atoms with van der Waals surface area (Å²) in [5.41, 5.74) is -0.301. The Hall–Kier alpha value is 2.10. The Morgan fingerprint density at radius 1 is 1.00 bits per heavy atom. The van der Waals surface area contributed by atoms with Gasteiger partial charge in [-0.25, -0.2) is 18.7 Å². The van der Waals surface area contributed by atoms with Crippen LogP contribution in [0.15, 0.2) is 30.6 Å². The van der Waals surface area contributed by atoms with E-state index in [9.17, 15) is 8.78 Å². The maximum atomic E-state index is 12.7. The second-order valence-electron chi connectivity index (χ2n) is 3.86. The zero-order valence-electron chi connectivity index (χ0n) is 14.9. The topological polar surface area (TPSA) is 73.4 Å². The minimum atomic E-state index is -0.569. The molecule has 2 heterocycles. The van der Waals surface area contributed by atoms with E-state index in [1.807, 2.05) is 22.6 Å². The van der Waals surface area contributed by atoms with Gasteiger partial charge in [0.1, 0.15) is 11.6 Å². The summed E-state index contributed by atoms with van der Waals surface area (Å²) in [6.45, 7) is 7.15. The molecule has 0 radical (unpaired) electrons. The van der Waals surface area contributed by atoms with Gasteiger partial charge in [0, 0.05) is 12.4 Å². The van der Waals surface area contributed by atoms with Crippen molar-refractivity contribution in [2.24, 2.45) is 0 Å². The zero-order valence-corrected chi connectivity index (χ0v) is 29.2. The predicted octanol–water partition coefficient (Wildman–Crippen LogP) is 8.36. The van der Waals surface area contributed by atoms with Crippen molar-refractivity contribution in [3.05, 3.63) is 64.1 Å². The van der Waals surface area contributed by atoms with Crippen LogP contribution >= 0.6 is 130 Å². The fourth-order valence-electron chi connectivity index (χ4n) is 0.966. The van der Waals surface area contributed by atoms with E-state index >= 15 is 0 Å². The van der Waals surface area contributed by atoms with Crippen molar-refractivity contribution in [2.45, 2.75) is 13.3 Å². The Kier molecular flexibility index (Phi) is 28.6. The number of hydrogen-bond donors (Lipinski definition) is 0. The Labute approximate surface area is 254 Å². The number of hydrogen-bond acceptors (Lipinski definition) is 4. The Morgan fingerprint density at radius 3 is 1.72 bits per heavy atom. The van der Waals surface area contributed by atoms with Gasteiger partial charge in [-0.1, -0.05) is 67.8 Å². The average Bonchev–Trinajstić information content (AvgIpc) is 2.66. The number of pyridine rings is 2. The minimum absolute atomic E-state index is 0.146. The van der Waals surface area contributed by atoms with Crippen LogP contribution in [-0.4, -0.2) is 9.40 Å². The molecule has 0 atom stereocenters. The molecule has 0 saturated carbocycles. The first-order valence-corrected chi connectivity index (χ1v) is 20.2. The Balaban J connectivity index is -0.000000327. The van der Waals surface area contributed by atoms with Crippen LogP contribution in [0.3, 0.4) is 0 Å². The molecule has 0 unspecified atom stereocenters. The molecule has 0 bridgehead atoms. The van der Waals surface area contributed by atoms with Gasteiger partial charge < -0.3 is 6.92 Å². The summed E-state index contributed by atoms with van der Waals surface area (Å²) in [6, 6.07) is 7.41. The van der Waals surface area contributed by atoms with Crippen molar-refractivity contribution in [1.82, 2.24) is 9.97 Å². The molecular formula is C16H13F2I6N4V-. The van der Waals surface area contributed by atoms with E-state index in [0.29, 0.717) is 12.5 Å². The van der Waals surface area contributed by atoms with E-state index in [2.05, 4.69) is 132 Å². The first-order chi connectivity index (χ1) is 13.5. The van der Waals surface area contributed by atoms with Crippen LogP contribution in [0.2, 0.25) is 0 Å². The van der Waals surface area contributed by atoms with Gasteiger partial charge in [-0.2, -0.15) is 17.4 Å². The number of nitrogens with zero attached hydrogens (tertiary/aromatic N) is 4. The van der Waals surface area contributed by atoms with Crippen molar-refractivity contribution < 1.29 is 18.2 Å². The van der Waals surface area contributed by atoms with E-state index in [-0.39, 0.29) is 11.4 Å². The molecule has 159 valence electrons. The van der Waals surface area contributed by atoms with Gasteiger partial charge in [-0.3, -0.25) is 0 Å². The van der Waals surface area contributed by atoms with Crippen LogP contribution in [0, 0.1) is 44.8 Å². The summed E-state index contributed by atoms with van der Waals surface area (Å²) in [5, 5.41) is 16.5. The van der Waals surface area contributed by atoms with Crippen LogP contribution in [0.5, 0.6) is 0 Å². The van der Waals surface area contributed by atoms with Gasteiger partial charge >= 0.3 is 49.4 Å². The predicted molar refractivity (Wildman–Crippen MR) is 160 cm³/mol. The second kappa shape index (κ2) is 23.3. The number of halogens is 8. The van der Waals surface area contributed by atoms with Crippen LogP contribution in [0.4, 0.5) is 8.78 Å². The molecule has 2 rings (SSSR count). The fraction of sp³-hybridized carbons (Fsp3) is 0.188. The SMILES string of the molecule is CC(I)(I)I.N#Cc1nccc(I)c1F.N#Cc1ncccc1F.[CH2-]C.[I][V][I]. The standard InChI is InChI=1S/C6H2FIN2.C6H3FN2.C2H3I3.C2H5.2HI.V/c7-6-4(8)1-2-10-5(6)3-9;7-5-2-1-3-9-6(5)4-8;1-2(3,4)5;1-2;;;/h1-2H;1-3H;1H3;1H2,2H3;2*1H;/q;;;-1;;;+2/p-2. The Morgan fingerprint density at radius 2 is 1.41 bits per heavy atom. The van der Waals surface area contributed by atoms with Crippen LogP contribution in [0.25, 0.3) is 0 Å². The van der Waals surface area contributed by atoms with Crippen molar-refractivity contribution in [3.8, 4) is 12.1 Å². The molecule has 0 aliphatic heterocycles. The summed E-state index contributed by atoms with van der Waals surface area (Å²) in [6.07, 6.45) is 2.78. The van der Waals surface area contributed by atoms with E-state index in [0.717, 1.165) is 0 Å². The third-order valence-electron chi connectivity index (χ3n) is 1.81. The van der Waals surface area contributed by atoms with E-state index in [1.54, 1.807) is 19.1 Å². The molecule has 29 heavy (non-hydrogen) atoms. The third-order valence-corrected chi connectivity index (χ3v) is 2.65. The number of rotatable bonds is 0. The van der Waals surface area contributed by atoms with Gasteiger partial charge in [0.2, 0.25) is 0 Å². The van der Waals surface area contributed by atoms with Crippen LogP contribution in [0.1, 0.15) is 25.2 Å². The van der Waals surface area contributed by atoms with Crippen molar-refractivity contribution in [1.29, 1.82) is 10.5 Å². The van der Waals surface area contributed by atoms with Crippen molar-refractivity contribution in [2.75, 3.05) is 0 Å². The van der Waals surface area contributed by atoms with E-state index in [1.165, 1.54) is 30.6 Å². The zero-order chi connectivity index (χ0) is 23.5. The molecule has 0 aromatic carbocycles. The summed E-state index contributed by atoms with van der Waals surface area (Å²) in [4.78, 5) is 6.98. The molecule has 0 amide bonds. The molecule has 0 spiro atoms. The molecule has 13 heteroatoms. The van der Waals surface area contributed by atoms with Gasteiger partial charge in [-0.15, -0.1) is 0 Å². The molecule has 0 saturated heterocycles. The van der Waals surface area contributed by atoms with Crippen molar-refractivity contribution >= 4 is 130 Å². The summed E-state index contributed by atoms with van der Waals surface area (Å²) in [7, 11) is 0.628. The van der Waals surface area contributed by atoms with Crippen LogP contribution < -0.4 is 0 Å². The fourth-order valence-corrected chi connectivity index (χ4v) is 1.38. The first-order valence-electron chi connectivity index (χ1n) is 6.92. The molecule has 4 nitrogen and oxygen atoms in total. The summed E-state index contributed by atoms with van der Waals surface area (Å²) in [5.74, 6) is -1.11. The van der Waals surface area contributed by atoms with Gasteiger partial charge in [-0.05, 0) is 47.7 Å². The molecule has 0 aliphatic carbocycles. The number of alkyl halides is 3. The van der Waals surface area contributed by atoms with Crippen LogP contribution in [-0.2, 0) is 9.47 Å². The van der Waals surface area contributed by atoms with E-state index in [4.69, 9.17) is 10.5 Å². The quantitative estimate of drug-likeness (QED) is 0.151. The van der Waals surface area contributed by atoms with E-state index < -0.39 is 11.6 Å². The summed E-state index contributed by atoms with van der Waals surface area (Å²) < 4.78 is 25.8. The number of aromatic nitrogens is 2. The third kappa shape index (κ3) is 24.6. The molecule has 0 N–H and O–H groups in total. The monoisotopic (exact) mass is 1110 g/mol. The van der Waals surface area contributed by atoms with Gasteiger partial charge in [0.05, 0.1) is 3.57 Å². The molecule has 0 fully saturated rings. The van der Waals surface area contributed by atoms with Crippen molar-refractivity contribution in [3.63, 3.8) is 0 Å². The number of nitriles is 2. The summed E-state index contributed by atoms with van der Waals surface area (Å²) >= 11 is 13.6. The molecular weight excluding hydrogens is 1100 g/mol. The first kappa shape index (κ1) is 35.7. The average molecular weight is 1110 g/mol. The van der Waals surface area contributed by atoms with Gasteiger partial charge in [0.25, 0.3) is 0 Å². The Bertz CT molecular complexity index is 773.